The van der Waals surface area contributed by atoms with Crippen LogP contribution in [0.3, 0.4) is 0 Å². The van der Waals surface area contributed by atoms with Gasteiger partial charge >= 0.3 is 0 Å². The Morgan fingerprint density at radius 3 is 1.52 bits per heavy atom. The van der Waals surface area contributed by atoms with E-state index in [1.54, 1.807) is 0 Å². The van der Waals surface area contributed by atoms with Gasteiger partial charge in [-0.25, -0.2) is 8.78 Å². The fraction of sp³-hybridized carbons (Fsp3) is 0.0769. The molecule has 0 aromatic heterocycles. The molecule has 25 heavy (non-hydrogen) atoms. The van der Waals surface area contributed by atoms with Crippen LogP contribution < -0.4 is 0 Å². The Bertz CT molecular complexity index is 842. The summed E-state index contributed by atoms with van der Waals surface area (Å²) in [6.07, 6.45) is 0. The molecule has 0 bridgehead atoms. The second-order valence-corrected chi connectivity index (χ2v) is 13.5. The van der Waals surface area contributed by atoms with E-state index in [4.69, 9.17) is 0 Å². The van der Waals surface area contributed by atoms with Gasteiger partial charge in [0.25, 0.3) is 11.4 Å². The smallest absolute Gasteiger partial charge is 0.272 e. The minimum Gasteiger partial charge on any atom is -0.300 e. The Balaban J connectivity index is 2.21. The standard InChI is InChI=1S/C13H9F2N2O5PS2/c1-23(22,24-12-4-2-8(16(18)19)6-10(12)14)25-13-5-3-9(17(20)21)7-11(13)15/h2-7H,1H3. The monoisotopic (exact) mass is 406 g/mol. The zero-order chi connectivity index (χ0) is 18.8. The highest BCUT2D eigenvalue weighted by molar-refractivity contribution is 8.90. The lowest BCUT2D eigenvalue weighted by molar-refractivity contribution is -0.385. The quantitative estimate of drug-likeness (QED) is 0.355. The summed E-state index contributed by atoms with van der Waals surface area (Å²) in [5, 5.41) is 21.2. The second kappa shape index (κ2) is 7.51. The molecule has 12 heteroatoms. The Labute approximate surface area is 148 Å². The van der Waals surface area contributed by atoms with E-state index < -0.39 is 38.4 Å². The molecule has 0 saturated heterocycles. The zero-order valence-corrected chi connectivity index (χ0v) is 14.9. The lowest BCUT2D eigenvalue weighted by atomic mass is 10.3. The molecule has 0 amide bonds. The number of halogens is 2. The minimum absolute atomic E-state index is 0.0775. The van der Waals surface area contributed by atoms with E-state index in [0.29, 0.717) is 34.9 Å². The van der Waals surface area contributed by atoms with Crippen LogP contribution in [0.25, 0.3) is 0 Å². The maximum Gasteiger partial charge on any atom is 0.272 e. The first kappa shape index (κ1) is 19.4. The van der Waals surface area contributed by atoms with Gasteiger partial charge in [-0.1, -0.05) is 0 Å². The third kappa shape index (κ3) is 5.00. The summed E-state index contributed by atoms with van der Waals surface area (Å²) in [4.78, 5) is 19.5. The molecule has 0 aliphatic heterocycles. The average Bonchev–Trinajstić information content (AvgIpc) is 2.50. The molecule has 0 aliphatic carbocycles. The fourth-order valence-corrected chi connectivity index (χ4v) is 7.96. The van der Waals surface area contributed by atoms with Crippen molar-refractivity contribution in [2.75, 3.05) is 6.66 Å². The SMILES string of the molecule is CP(=O)(Sc1ccc([N+](=O)[O-])cc1F)Sc1ccc([N+](=O)[O-])cc1F. The van der Waals surface area contributed by atoms with E-state index in [-0.39, 0.29) is 9.79 Å². The topological polar surface area (TPSA) is 103 Å². The minimum atomic E-state index is -3.25. The molecule has 2 aromatic rings. The van der Waals surface area contributed by atoms with E-state index in [1.165, 1.54) is 6.66 Å². The lowest BCUT2D eigenvalue weighted by Crippen LogP contribution is -1.90. The molecule has 0 aliphatic rings. The highest BCUT2D eigenvalue weighted by atomic mass is 33.1. The van der Waals surface area contributed by atoms with Crippen LogP contribution in [0.1, 0.15) is 0 Å². The average molecular weight is 406 g/mol. The molecular weight excluding hydrogens is 397 g/mol. The predicted octanol–water partition coefficient (Wildman–Crippen LogP) is 5.49. The molecular formula is C13H9F2N2O5PS2. The predicted molar refractivity (Wildman–Crippen MR) is 91.4 cm³/mol. The van der Waals surface area contributed by atoms with Crippen LogP contribution in [0.2, 0.25) is 0 Å². The maximum absolute atomic E-state index is 13.9. The number of nitro groups is 2. The summed E-state index contributed by atoms with van der Waals surface area (Å²) in [5.74, 6) is -1.82. The number of rotatable bonds is 6. The molecule has 2 rings (SSSR count). The first-order valence-corrected chi connectivity index (χ1v) is 11.4. The van der Waals surface area contributed by atoms with E-state index in [9.17, 15) is 33.6 Å². The number of hydrogen-bond acceptors (Lipinski definition) is 7. The molecule has 0 fully saturated rings. The van der Waals surface area contributed by atoms with Gasteiger partial charge in [-0.2, -0.15) is 0 Å². The molecule has 7 nitrogen and oxygen atoms in total. The van der Waals surface area contributed by atoms with Gasteiger partial charge in [0, 0.05) is 18.8 Å². The highest BCUT2D eigenvalue weighted by Gasteiger charge is 2.24. The van der Waals surface area contributed by atoms with Gasteiger partial charge in [0.2, 0.25) is 0 Å². The van der Waals surface area contributed by atoms with Crippen molar-refractivity contribution in [1.29, 1.82) is 0 Å². The van der Waals surface area contributed by atoms with E-state index in [1.807, 2.05) is 0 Å². The van der Waals surface area contributed by atoms with Gasteiger partial charge in [-0.05, 0) is 34.9 Å². The van der Waals surface area contributed by atoms with Crippen molar-refractivity contribution in [2.45, 2.75) is 9.79 Å². The van der Waals surface area contributed by atoms with Gasteiger partial charge in [-0.3, -0.25) is 20.2 Å². The van der Waals surface area contributed by atoms with Crippen molar-refractivity contribution >= 4 is 39.7 Å². The van der Waals surface area contributed by atoms with Crippen molar-refractivity contribution in [3.63, 3.8) is 0 Å². The molecule has 0 N–H and O–H groups in total. The Morgan fingerprint density at radius 2 is 1.24 bits per heavy atom. The normalized spacial score (nSPS) is 11.3. The van der Waals surface area contributed by atoms with Gasteiger partial charge in [0.15, 0.2) is 5.55 Å². The summed E-state index contributed by atoms with van der Waals surface area (Å²) >= 11 is 1.25. The number of nitro benzene ring substituents is 2. The summed E-state index contributed by atoms with van der Waals surface area (Å²) in [6.45, 7) is 1.28. The summed E-state index contributed by atoms with van der Waals surface area (Å²) < 4.78 is 40.4. The van der Waals surface area contributed by atoms with Crippen LogP contribution >= 0.6 is 28.3 Å². The van der Waals surface area contributed by atoms with Crippen LogP contribution in [0.15, 0.2) is 46.2 Å². The van der Waals surface area contributed by atoms with Gasteiger partial charge in [0.1, 0.15) is 11.6 Å². The fourth-order valence-electron chi connectivity index (χ4n) is 1.73. The van der Waals surface area contributed by atoms with E-state index in [0.717, 1.165) is 24.3 Å². The first-order valence-electron chi connectivity index (χ1n) is 6.43. The molecule has 0 atom stereocenters. The third-order valence-electron chi connectivity index (χ3n) is 2.78. The van der Waals surface area contributed by atoms with Gasteiger partial charge in [-0.15, -0.1) is 0 Å². The molecule has 132 valence electrons. The summed E-state index contributed by atoms with van der Waals surface area (Å²) in [7, 11) is 0. The molecule has 0 spiro atoms. The molecule has 2 aromatic carbocycles. The number of hydrogen-bond donors (Lipinski definition) is 0. The van der Waals surface area contributed by atoms with Crippen LogP contribution in [-0.2, 0) is 4.57 Å². The highest BCUT2D eigenvalue weighted by Crippen LogP contribution is 2.71. The molecule has 0 saturated carbocycles. The number of nitrogens with zero attached hydrogens (tertiary/aromatic N) is 2. The van der Waals surface area contributed by atoms with Gasteiger partial charge in [0.05, 0.1) is 31.8 Å². The summed E-state index contributed by atoms with van der Waals surface area (Å²) in [5.41, 5.74) is -4.14. The lowest BCUT2D eigenvalue weighted by Gasteiger charge is -2.12. The van der Waals surface area contributed by atoms with Crippen LogP contribution in [0, 0.1) is 31.9 Å². The van der Waals surface area contributed by atoms with Crippen molar-refractivity contribution in [3.05, 3.63) is 68.3 Å². The summed E-state index contributed by atoms with van der Waals surface area (Å²) in [6, 6.07) is 5.81. The first-order chi connectivity index (χ1) is 11.6. The van der Waals surface area contributed by atoms with Crippen molar-refractivity contribution < 1.29 is 23.2 Å². The Morgan fingerprint density at radius 1 is 0.880 bits per heavy atom. The number of benzene rings is 2. The molecule has 0 unspecified atom stereocenters. The third-order valence-corrected chi connectivity index (χ3v) is 9.01. The van der Waals surface area contributed by atoms with Crippen LogP contribution in [-0.4, -0.2) is 16.5 Å². The van der Waals surface area contributed by atoms with Gasteiger partial charge < -0.3 is 4.57 Å². The largest absolute Gasteiger partial charge is 0.300 e. The van der Waals surface area contributed by atoms with Crippen molar-refractivity contribution in [2.24, 2.45) is 0 Å². The Kier molecular flexibility index (Phi) is 5.81. The maximum atomic E-state index is 13.9. The van der Waals surface area contributed by atoms with Crippen LogP contribution in [0.5, 0.6) is 0 Å². The van der Waals surface area contributed by atoms with E-state index >= 15 is 0 Å². The van der Waals surface area contributed by atoms with Crippen LogP contribution in [0.4, 0.5) is 20.2 Å². The number of non-ortho nitro benzene ring substituents is 2. The van der Waals surface area contributed by atoms with Crippen molar-refractivity contribution in [1.82, 2.24) is 0 Å². The van der Waals surface area contributed by atoms with E-state index in [2.05, 4.69) is 0 Å². The molecule has 0 heterocycles. The van der Waals surface area contributed by atoms with Crippen molar-refractivity contribution in [3.8, 4) is 0 Å². The molecule has 0 radical (unpaired) electrons. The Hall–Kier alpha value is -1.97. The second-order valence-electron chi connectivity index (χ2n) is 4.70. The zero-order valence-electron chi connectivity index (χ0n) is 12.4.